The average Bonchev–Trinajstić information content (AvgIpc) is 2.72. The van der Waals surface area contributed by atoms with Crippen molar-refractivity contribution in [1.82, 2.24) is 10.1 Å². The first-order valence-corrected chi connectivity index (χ1v) is 10.5. The van der Waals surface area contributed by atoms with Gasteiger partial charge in [-0.3, -0.25) is 14.6 Å². The molecule has 0 spiro atoms. The third-order valence-electron chi connectivity index (χ3n) is 4.78. The number of benzene rings is 2. The van der Waals surface area contributed by atoms with Gasteiger partial charge in [-0.1, -0.05) is 48.5 Å². The van der Waals surface area contributed by atoms with Crippen molar-refractivity contribution in [3.05, 3.63) is 69.2 Å². The van der Waals surface area contributed by atoms with E-state index >= 15 is 0 Å². The highest BCUT2D eigenvalue weighted by Crippen LogP contribution is 2.39. The number of thioether (sulfide) groups is 1. The van der Waals surface area contributed by atoms with Crippen molar-refractivity contribution < 1.29 is 13.9 Å². The number of rotatable bonds is 3. The Balaban J connectivity index is 2.15. The molecule has 1 aromatic heterocycles. The first-order valence-electron chi connectivity index (χ1n) is 8.93. The van der Waals surface area contributed by atoms with Crippen molar-refractivity contribution in [2.75, 3.05) is 11.2 Å². The van der Waals surface area contributed by atoms with Crippen LogP contribution >= 0.6 is 23.4 Å². The van der Waals surface area contributed by atoms with Crippen LogP contribution in [0.4, 0.5) is 10.1 Å². The van der Waals surface area contributed by atoms with E-state index in [4.69, 9.17) is 11.6 Å². The second-order valence-corrected chi connectivity index (χ2v) is 7.60. The van der Waals surface area contributed by atoms with E-state index in [1.807, 2.05) is 0 Å². The highest BCUT2D eigenvalue weighted by molar-refractivity contribution is 7.98. The summed E-state index contributed by atoms with van der Waals surface area (Å²) in [4.78, 5) is 30.1. The number of halogens is 2. The molecule has 1 aliphatic heterocycles. The van der Waals surface area contributed by atoms with E-state index in [0.717, 1.165) is 0 Å². The molecule has 0 saturated carbocycles. The summed E-state index contributed by atoms with van der Waals surface area (Å²) >= 11 is 7.61. The fourth-order valence-corrected chi connectivity index (χ4v) is 4.15. The van der Waals surface area contributed by atoms with Crippen LogP contribution in [0.1, 0.15) is 25.1 Å². The third-order valence-corrected chi connectivity index (χ3v) is 5.68. The standard InChI is InChI=1S/C20H16ClFN4O2S/c1-3-15(27)25-14-10-5-4-7-11(14)17-18(28)23-20(29-2)24-26(17)19(25)16-12(21)8-6-9-13(16)22/h4-10,19H,3H2,1-2H3/p+1. The van der Waals surface area contributed by atoms with Crippen LogP contribution in [-0.2, 0) is 4.79 Å². The minimum Gasteiger partial charge on any atom is -0.291 e. The zero-order valence-electron chi connectivity index (χ0n) is 15.6. The lowest BCUT2D eigenvalue weighted by molar-refractivity contribution is -0.763. The van der Waals surface area contributed by atoms with Gasteiger partial charge >= 0.3 is 11.3 Å². The minimum absolute atomic E-state index is 0.0851. The maximum atomic E-state index is 15.0. The molecule has 148 valence electrons. The van der Waals surface area contributed by atoms with Crippen molar-refractivity contribution in [1.29, 1.82) is 0 Å². The number of anilines is 1. The minimum atomic E-state index is -1.03. The maximum Gasteiger partial charge on any atom is 0.325 e. The smallest absolute Gasteiger partial charge is 0.291 e. The van der Waals surface area contributed by atoms with Gasteiger partial charge in [-0.25, -0.2) is 9.29 Å². The second-order valence-electron chi connectivity index (χ2n) is 6.40. The van der Waals surface area contributed by atoms with Crippen LogP contribution in [-0.4, -0.2) is 22.2 Å². The summed E-state index contributed by atoms with van der Waals surface area (Å²) in [5, 5.41) is 5.00. The molecule has 6 nitrogen and oxygen atoms in total. The van der Waals surface area contributed by atoms with Crippen molar-refractivity contribution in [2.45, 2.75) is 24.7 Å². The molecule has 1 unspecified atom stereocenters. The number of para-hydroxylation sites is 1. The fraction of sp³-hybridized carbons (Fsp3) is 0.200. The molecule has 1 N–H and O–H groups in total. The summed E-state index contributed by atoms with van der Waals surface area (Å²) in [6.45, 7) is 1.73. The summed E-state index contributed by atoms with van der Waals surface area (Å²) in [5.74, 6) is -0.824. The SMILES string of the molecule is CCC(=O)N1c2ccccc2-c2c(=O)[nH]c(SC)n[n+]2C1c1c(F)cccc1Cl. The lowest BCUT2D eigenvalue weighted by Crippen LogP contribution is -2.61. The van der Waals surface area contributed by atoms with Gasteiger partial charge in [0, 0.05) is 11.5 Å². The first kappa shape index (κ1) is 19.6. The van der Waals surface area contributed by atoms with E-state index in [-0.39, 0.29) is 34.2 Å². The number of carbonyl (C=O) groups is 1. The van der Waals surface area contributed by atoms with Crippen LogP contribution in [0.15, 0.2) is 52.4 Å². The second kappa shape index (κ2) is 7.61. The van der Waals surface area contributed by atoms with E-state index in [1.165, 1.54) is 33.5 Å². The zero-order chi connectivity index (χ0) is 20.7. The number of amides is 1. The lowest BCUT2D eigenvalue weighted by atomic mass is 10.0. The van der Waals surface area contributed by atoms with Gasteiger partial charge in [0.2, 0.25) is 11.1 Å². The summed E-state index contributed by atoms with van der Waals surface area (Å²) in [5.41, 5.74) is 0.995. The van der Waals surface area contributed by atoms with Gasteiger partial charge in [0.15, 0.2) is 0 Å². The number of carbonyl (C=O) groups excluding carboxylic acids is 1. The van der Waals surface area contributed by atoms with Crippen molar-refractivity contribution in [3.63, 3.8) is 0 Å². The molecule has 3 aromatic rings. The normalized spacial score (nSPS) is 15.0. The van der Waals surface area contributed by atoms with E-state index in [2.05, 4.69) is 10.1 Å². The Kier molecular flexibility index (Phi) is 5.14. The van der Waals surface area contributed by atoms with Crippen LogP contribution in [0.2, 0.25) is 5.02 Å². The average molecular weight is 432 g/mol. The lowest BCUT2D eigenvalue weighted by Gasteiger charge is -2.32. The summed E-state index contributed by atoms with van der Waals surface area (Å²) < 4.78 is 16.4. The monoisotopic (exact) mass is 431 g/mol. The Bertz CT molecular complexity index is 1160. The molecule has 29 heavy (non-hydrogen) atoms. The molecule has 0 aliphatic carbocycles. The predicted octanol–water partition coefficient (Wildman–Crippen LogP) is 3.54. The van der Waals surface area contributed by atoms with Crippen LogP contribution in [0.25, 0.3) is 11.3 Å². The van der Waals surface area contributed by atoms with E-state index in [9.17, 15) is 14.0 Å². The van der Waals surface area contributed by atoms with Crippen molar-refractivity contribution in [2.24, 2.45) is 0 Å². The number of hydrogen-bond acceptors (Lipinski definition) is 4. The number of aromatic amines is 1. The highest BCUT2D eigenvalue weighted by Gasteiger charge is 2.47. The molecule has 0 radical (unpaired) electrons. The Morgan fingerprint density at radius 2 is 2.07 bits per heavy atom. The Labute approximate surface area is 175 Å². The summed E-state index contributed by atoms with van der Waals surface area (Å²) in [6.07, 6.45) is 0.919. The van der Waals surface area contributed by atoms with Crippen LogP contribution < -0.4 is 15.1 Å². The number of nitrogens with one attached hydrogen (secondary N) is 1. The molecule has 1 atom stereocenters. The zero-order valence-corrected chi connectivity index (χ0v) is 17.2. The Hall–Kier alpha value is -2.71. The van der Waals surface area contributed by atoms with Crippen molar-refractivity contribution >= 4 is 35.0 Å². The molecule has 0 saturated heterocycles. The molecule has 9 heteroatoms. The number of nitrogens with zero attached hydrogens (tertiary/aromatic N) is 3. The molecule has 0 bridgehead atoms. The van der Waals surface area contributed by atoms with Crippen molar-refractivity contribution in [3.8, 4) is 11.3 Å². The molecule has 1 amide bonds. The molecule has 0 fully saturated rings. The van der Waals surface area contributed by atoms with Gasteiger partial charge in [-0.15, -0.1) is 0 Å². The number of fused-ring (bicyclic) bond motifs is 3. The van der Waals surface area contributed by atoms with E-state index in [0.29, 0.717) is 16.4 Å². The number of aromatic nitrogens is 3. The molecule has 2 heterocycles. The molecular formula is C20H17ClFN4O2S+. The molecular weight excluding hydrogens is 415 g/mol. The highest BCUT2D eigenvalue weighted by atomic mass is 35.5. The maximum absolute atomic E-state index is 15.0. The predicted molar refractivity (Wildman–Crippen MR) is 110 cm³/mol. The van der Waals surface area contributed by atoms with Gasteiger partial charge in [0.05, 0.1) is 21.8 Å². The molecule has 2 aromatic carbocycles. The largest absolute Gasteiger partial charge is 0.325 e. The van der Waals surface area contributed by atoms with E-state index in [1.54, 1.807) is 43.5 Å². The Morgan fingerprint density at radius 3 is 2.76 bits per heavy atom. The molecule has 1 aliphatic rings. The van der Waals surface area contributed by atoms with Crippen LogP contribution in [0.3, 0.4) is 0 Å². The van der Waals surface area contributed by atoms with Gasteiger partial charge in [-0.2, -0.15) is 0 Å². The van der Waals surface area contributed by atoms with Gasteiger partial charge in [0.25, 0.3) is 6.17 Å². The van der Waals surface area contributed by atoms with Gasteiger partial charge < -0.3 is 0 Å². The number of hydrogen-bond donors (Lipinski definition) is 1. The topological polar surface area (TPSA) is 69.9 Å². The fourth-order valence-electron chi connectivity index (χ4n) is 3.52. The van der Waals surface area contributed by atoms with Crippen LogP contribution in [0.5, 0.6) is 0 Å². The summed E-state index contributed by atoms with van der Waals surface area (Å²) in [6, 6.07) is 11.3. The van der Waals surface area contributed by atoms with Gasteiger partial charge in [-0.05, 0) is 35.2 Å². The Morgan fingerprint density at radius 1 is 1.31 bits per heavy atom. The quantitative estimate of drug-likeness (QED) is 0.508. The number of H-pyrrole nitrogens is 1. The van der Waals surface area contributed by atoms with E-state index < -0.39 is 12.0 Å². The summed E-state index contributed by atoms with van der Waals surface area (Å²) in [7, 11) is 0. The molecule has 4 rings (SSSR count). The third kappa shape index (κ3) is 3.12. The first-order chi connectivity index (χ1) is 14.0. The van der Waals surface area contributed by atoms with Gasteiger partial charge in [0.1, 0.15) is 5.82 Å². The van der Waals surface area contributed by atoms with Crippen LogP contribution in [0, 0.1) is 5.82 Å².